The molecule has 11 atom stereocenters. The summed E-state index contributed by atoms with van der Waals surface area (Å²) >= 11 is 0. The van der Waals surface area contributed by atoms with Crippen molar-refractivity contribution in [2.45, 2.75) is 139 Å². The third-order valence-electron chi connectivity index (χ3n) is 8.43. The summed E-state index contributed by atoms with van der Waals surface area (Å²) in [7, 11) is 0. The van der Waals surface area contributed by atoms with Crippen LogP contribution < -0.4 is 16.0 Å². The molecule has 17 nitrogen and oxygen atoms in total. The van der Waals surface area contributed by atoms with Crippen LogP contribution in [0, 0.1) is 0 Å². The molecule has 2 rings (SSSR count). The highest BCUT2D eigenvalue weighted by atomic mass is 16.7. The van der Waals surface area contributed by atoms with Gasteiger partial charge in [0, 0.05) is 19.5 Å². The van der Waals surface area contributed by atoms with Gasteiger partial charge in [-0.2, -0.15) is 0 Å². The molecule has 0 radical (unpaired) electrons. The molecule has 2 saturated heterocycles. The Balaban J connectivity index is 1.99. The standard InChI is InChI=1S/C32H57N3O14/c1-3-5-6-7-8-11-15-34-30(45)19(35-23(39)13-10-9-12-14-33-22(38)4-2)18-46-31-28(44)26(42)29(21(17-37)48-31)49-32-27(43)25(41)24(40)20(16-36)47-32/h4,19-21,24-29,31-32,36-37,40-44H,2-3,5-18H2,1H3,(H,33,38)(H,34,45)(H,35,39)/t19-,20?,21+,24-,25-,26?,27?,28?,29+,31-,32-/m0/s1. The molecule has 0 aromatic carbocycles. The first-order valence-corrected chi connectivity index (χ1v) is 17.2. The van der Waals surface area contributed by atoms with Gasteiger partial charge in [-0.05, 0) is 25.3 Å². The molecule has 0 saturated carbocycles. The minimum Gasteiger partial charge on any atom is -0.394 e. The van der Waals surface area contributed by atoms with E-state index in [2.05, 4.69) is 29.5 Å². The lowest BCUT2D eigenvalue weighted by Crippen LogP contribution is -2.65. The van der Waals surface area contributed by atoms with Crippen molar-refractivity contribution in [3.63, 3.8) is 0 Å². The molecule has 17 heteroatoms. The van der Waals surface area contributed by atoms with Crippen molar-refractivity contribution in [1.29, 1.82) is 0 Å². The number of unbranched alkanes of at least 4 members (excludes halogenated alkanes) is 7. The maximum Gasteiger partial charge on any atom is 0.244 e. The summed E-state index contributed by atoms with van der Waals surface area (Å²) in [5.41, 5.74) is 0. The van der Waals surface area contributed by atoms with Gasteiger partial charge < -0.3 is 70.6 Å². The summed E-state index contributed by atoms with van der Waals surface area (Å²) in [4.78, 5) is 37.1. The summed E-state index contributed by atoms with van der Waals surface area (Å²) in [5, 5.41) is 79.6. The zero-order chi connectivity index (χ0) is 36.3. The number of nitrogens with one attached hydrogen (secondary N) is 3. The van der Waals surface area contributed by atoms with Gasteiger partial charge in [0.05, 0.1) is 19.8 Å². The van der Waals surface area contributed by atoms with Crippen LogP contribution in [0.15, 0.2) is 12.7 Å². The SMILES string of the molecule is C=CC(=O)NCCCCCC(=O)N[C@@H](CO[C@H]1O[C@H](CO)[C@@H](O[C@@H]2OC(CO)[C@H](O)[C@H](O)C2O)C(O)C1O)C(=O)NCCCCCCCC. The molecule has 2 fully saturated rings. The van der Waals surface area contributed by atoms with Crippen LogP contribution in [0.25, 0.3) is 0 Å². The van der Waals surface area contributed by atoms with E-state index in [4.69, 9.17) is 18.9 Å². The van der Waals surface area contributed by atoms with Crippen LogP contribution in [0.1, 0.15) is 71.1 Å². The van der Waals surface area contributed by atoms with Crippen molar-refractivity contribution in [2.24, 2.45) is 0 Å². The molecule has 49 heavy (non-hydrogen) atoms. The molecule has 3 amide bonds. The van der Waals surface area contributed by atoms with Crippen molar-refractivity contribution in [1.82, 2.24) is 16.0 Å². The minimum atomic E-state index is -1.81. The highest BCUT2D eigenvalue weighted by Crippen LogP contribution is 2.29. The number of ether oxygens (including phenoxy) is 4. The normalized spacial score (nSPS) is 30.7. The van der Waals surface area contributed by atoms with E-state index in [-0.39, 0.29) is 12.3 Å². The van der Waals surface area contributed by atoms with Crippen LogP contribution in [0.3, 0.4) is 0 Å². The largest absolute Gasteiger partial charge is 0.394 e. The van der Waals surface area contributed by atoms with Gasteiger partial charge in [-0.1, -0.05) is 52.0 Å². The van der Waals surface area contributed by atoms with Crippen molar-refractivity contribution in [3.05, 3.63) is 12.7 Å². The number of amides is 3. The van der Waals surface area contributed by atoms with Gasteiger partial charge in [-0.15, -0.1) is 0 Å². The van der Waals surface area contributed by atoms with Gasteiger partial charge in [0.1, 0.15) is 54.9 Å². The molecular formula is C32H57N3O14. The Bertz CT molecular complexity index is 989. The summed E-state index contributed by atoms with van der Waals surface area (Å²) in [5.74, 6) is -1.23. The van der Waals surface area contributed by atoms with E-state index in [1.54, 1.807) is 0 Å². The highest BCUT2D eigenvalue weighted by Gasteiger charge is 2.50. The molecule has 0 aliphatic carbocycles. The fraction of sp³-hybridized carbons (Fsp3) is 0.844. The van der Waals surface area contributed by atoms with Crippen molar-refractivity contribution in [3.8, 4) is 0 Å². The van der Waals surface area contributed by atoms with Crippen LogP contribution in [0.4, 0.5) is 0 Å². The predicted molar refractivity (Wildman–Crippen MR) is 172 cm³/mol. The van der Waals surface area contributed by atoms with E-state index in [0.29, 0.717) is 32.4 Å². The van der Waals surface area contributed by atoms with Crippen molar-refractivity contribution >= 4 is 17.7 Å². The second-order valence-corrected chi connectivity index (χ2v) is 12.3. The Labute approximate surface area is 286 Å². The number of hydrogen-bond acceptors (Lipinski definition) is 14. The maximum absolute atomic E-state index is 13.1. The average Bonchev–Trinajstić information content (AvgIpc) is 3.09. The minimum absolute atomic E-state index is 0.0986. The summed E-state index contributed by atoms with van der Waals surface area (Å²) in [6.07, 6.45) is -7.17. The Kier molecular flexibility index (Phi) is 20.3. The number of aliphatic hydroxyl groups is 7. The van der Waals surface area contributed by atoms with Crippen molar-refractivity contribution in [2.75, 3.05) is 32.9 Å². The zero-order valence-electron chi connectivity index (χ0n) is 28.2. The van der Waals surface area contributed by atoms with Gasteiger partial charge >= 0.3 is 0 Å². The predicted octanol–water partition coefficient (Wildman–Crippen LogP) is -2.55. The Morgan fingerprint density at radius 3 is 2.00 bits per heavy atom. The van der Waals surface area contributed by atoms with E-state index in [0.717, 1.165) is 38.5 Å². The first-order valence-electron chi connectivity index (χ1n) is 17.2. The molecule has 0 bridgehead atoms. The molecule has 2 aliphatic rings. The highest BCUT2D eigenvalue weighted by molar-refractivity contribution is 5.87. The second kappa shape index (κ2) is 23.2. The fourth-order valence-electron chi connectivity index (χ4n) is 5.44. The van der Waals surface area contributed by atoms with Crippen molar-refractivity contribution < 1.29 is 69.1 Å². The third kappa shape index (κ3) is 14.1. The fourth-order valence-corrected chi connectivity index (χ4v) is 5.44. The first-order chi connectivity index (χ1) is 23.5. The summed E-state index contributed by atoms with van der Waals surface area (Å²) in [6, 6.07) is -1.19. The lowest BCUT2D eigenvalue weighted by molar-refractivity contribution is -0.359. The topological polar surface area (TPSA) is 266 Å². The number of carbonyl (C=O) groups excluding carboxylic acids is 3. The monoisotopic (exact) mass is 707 g/mol. The van der Waals surface area contributed by atoms with E-state index in [1.807, 2.05) is 0 Å². The Morgan fingerprint density at radius 1 is 0.755 bits per heavy atom. The molecule has 10 N–H and O–H groups in total. The summed E-state index contributed by atoms with van der Waals surface area (Å²) < 4.78 is 22.2. The van der Waals surface area contributed by atoms with Crippen LogP contribution in [-0.4, -0.2) is 154 Å². The van der Waals surface area contributed by atoms with Gasteiger partial charge in [0.15, 0.2) is 12.6 Å². The lowest BCUT2D eigenvalue weighted by Gasteiger charge is -2.46. The quantitative estimate of drug-likeness (QED) is 0.0387. The molecular weight excluding hydrogens is 650 g/mol. The smallest absolute Gasteiger partial charge is 0.244 e. The lowest BCUT2D eigenvalue weighted by atomic mass is 9.97. The van der Waals surface area contributed by atoms with Crippen LogP contribution in [0.2, 0.25) is 0 Å². The van der Waals surface area contributed by atoms with Crippen LogP contribution in [0.5, 0.6) is 0 Å². The molecule has 0 aromatic rings. The number of carbonyl (C=O) groups is 3. The molecule has 284 valence electrons. The molecule has 2 heterocycles. The van der Waals surface area contributed by atoms with Crippen LogP contribution in [-0.2, 0) is 33.3 Å². The average molecular weight is 708 g/mol. The van der Waals surface area contributed by atoms with E-state index >= 15 is 0 Å². The number of aliphatic hydroxyl groups excluding tert-OH is 7. The Morgan fingerprint density at radius 2 is 1.35 bits per heavy atom. The van der Waals surface area contributed by atoms with Gasteiger partial charge in [-0.25, -0.2) is 0 Å². The first kappa shape index (κ1) is 42.9. The van der Waals surface area contributed by atoms with Gasteiger partial charge in [-0.3, -0.25) is 14.4 Å². The number of rotatable bonds is 23. The van der Waals surface area contributed by atoms with Gasteiger partial charge in [0.25, 0.3) is 0 Å². The van der Waals surface area contributed by atoms with Crippen LogP contribution >= 0.6 is 0 Å². The van der Waals surface area contributed by atoms with E-state index in [1.165, 1.54) is 6.08 Å². The molecule has 0 aromatic heterocycles. The molecule has 2 aliphatic heterocycles. The third-order valence-corrected chi connectivity index (χ3v) is 8.43. The zero-order valence-corrected chi connectivity index (χ0v) is 28.2. The summed E-state index contributed by atoms with van der Waals surface area (Å²) in [6.45, 7) is 4.36. The molecule has 0 spiro atoms. The number of hydrogen-bond donors (Lipinski definition) is 10. The van der Waals surface area contributed by atoms with Gasteiger partial charge in [0.2, 0.25) is 17.7 Å². The molecule has 4 unspecified atom stereocenters. The van der Waals surface area contributed by atoms with E-state index < -0.39 is 99.1 Å². The van der Waals surface area contributed by atoms with E-state index in [9.17, 15) is 50.1 Å². The second-order valence-electron chi connectivity index (χ2n) is 12.3. The Hall–Kier alpha value is -2.29. The maximum atomic E-state index is 13.1.